The lowest BCUT2D eigenvalue weighted by molar-refractivity contribution is -0.389. The molecule has 0 radical (unpaired) electrons. The quantitative estimate of drug-likeness (QED) is 0.522. The molecule has 0 atom stereocenters. The molecule has 0 bridgehead atoms. The molecule has 0 saturated carbocycles. The lowest BCUT2D eigenvalue weighted by Gasteiger charge is -2.01. The molecule has 0 aliphatic rings. The van der Waals surface area contributed by atoms with E-state index in [1.165, 1.54) is 22.9 Å². The van der Waals surface area contributed by atoms with Crippen LogP contribution in [-0.2, 0) is 13.1 Å². The molecule has 0 aliphatic carbocycles. The van der Waals surface area contributed by atoms with Crippen LogP contribution in [0.25, 0.3) is 0 Å². The Kier molecular flexibility index (Phi) is 4.69. The van der Waals surface area contributed by atoms with Gasteiger partial charge in [-0.25, -0.2) is 4.39 Å². The number of rotatable bonds is 6. The zero-order chi connectivity index (χ0) is 18.7. The van der Waals surface area contributed by atoms with Crippen molar-refractivity contribution in [3.8, 4) is 0 Å². The minimum absolute atomic E-state index is 0.0222. The van der Waals surface area contributed by atoms with Crippen molar-refractivity contribution in [3.63, 3.8) is 0 Å². The monoisotopic (exact) mass is 360 g/mol. The van der Waals surface area contributed by atoms with E-state index in [2.05, 4.69) is 20.6 Å². The van der Waals surface area contributed by atoms with E-state index in [4.69, 9.17) is 4.52 Å². The molecule has 0 saturated heterocycles. The number of nitrogens with zero attached hydrogens (tertiary/aromatic N) is 5. The zero-order valence-electron chi connectivity index (χ0n) is 13.5. The van der Waals surface area contributed by atoms with Gasteiger partial charge in [-0.05, 0) is 29.5 Å². The van der Waals surface area contributed by atoms with Crippen molar-refractivity contribution < 1.29 is 18.6 Å². The van der Waals surface area contributed by atoms with Crippen LogP contribution in [0, 0.1) is 22.9 Å². The van der Waals surface area contributed by atoms with E-state index < -0.39 is 10.8 Å². The highest BCUT2D eigenvalue weighted by molar-refractivity contribution is 5.89. The largest absolute Gasteiger partial charge is 0.390 e. The van der Waals surface area contributed by atoms with Crippen molar-refractivity contribution in [2.75, 3.05) is 0 Å². The van der Waals surface area contributed by atoms with Gasteiger partial charge in [-0.15, -0.1) is 0 Å². The number of aromatic nitrogens is 4. The Bertz CT molecular complexity index is 949. The van der Waals surface area contributed by atoms with Crippen LogP contribution in [0.2, 0.25) is 0 Å². The first-order valence-electron chi connectivity index (χ1n) is 7.46. The zero-order valence-corrected chi connectivity index (χ0v) is 13.5. The fourth-order valence-electron chi connectivity index (χ4n) is 2.15. The number of aryl methyl sites for hydroxylation is 1. The molecule has 0 spiro atoms. The van der Waals surface area contributed by atoms with Gasteiger partial charge < -0.3 is 20.0 Å². The molecule has 1 aromatic carbocycles. The predicted molar refractivity (Wildman–Crippen MR) is 84.6 cm³/mol. The molecule has 134 valence electrons. The van der Waals surface area contributed by atoms with Crippen LogP contribution < -0.4 is 5.32 Å². The molecule has 3 aromatic rings. The molecular weight excluding hydrogens is 347 g/mol. The lowest BCUT2D eigenvalue weighted by Crippen LogP contribution is -2.23. The Hall–Kier alpha value is -3.63. The number of nitrogens with one attached hydrogen (secondary N) is 1. The lowest BCUT2D eigenvalue weighted by atomic mass is 10.2. The van der Waals surface area contributed by atoms with Gasteiger partial charge in [0.2, 0.25) is 0 Å². The van der Waals surface area contributed by atoms with E-state index in [0.717, 1.165) is 0 Å². The van der Waals surface area contributed by atoms with Crippen molar-refractivity contribution in [2.45, 2.75) is 20.0 Å². The summed E-state index contributed by atoms with van der Waals surface area (Å²) < 4.78 is 19.1. The minimum atomic E-state index is -0.603. The van der Waals surface area contributed by atoms with E-state index in [9.17, 15) is 19.3 Å². The van der Waals surface area contributed by atoms with Gasteiger partial charge in [-0.3, -0.25) is 4.79 Å². The van der Waals surface area contributed by atoms with E-state index in [0.29, 0.717) is 11.3 Å². The number of halogens is 1. The second kappa shape index (κ2) is 7.09. The van der Waals surface area contributed by atoms with Crippen LogP contribution in [0.1, 0.15) is 27.8 Å². The van der Waals surface area contributed by atoms with Crippen molar-refractivity contribution in [2.24, 2.45) is 0 Å². The van der Waals surface area contributed by atoms with Gasteiger partial charge in [-0.2, -0.15) is 9.67 Å². The highest BCUT2D eigenvalue weighted by atomic mass is 19.1. The second-order valence-corrected chi connectivity index (χ2v) is 5.38. The van der Waals surface area contributed by atoms with Gasteiger partial charge in [0, 0.05) is 6.54 Å². The van der Waals surface area contributed by atoms with Crippen LogP contribution in [-0.4, -0.2) is 30.8 Å². The fraction of sp³-hybridized carbons (Fsp3) is 0.200. The molecule has 0 unspecified atom stereocenters. The standard InChI is InChI=1S/C15H13FN6O4/c1-9-6-13(22(24)25)19-21(9)8-12-18-15(26-20-12)14(23)17-7-10-2-4-11(16)5-3-10/h2-6H,7-8H2,1H3,(H,17,23). The second-order valence-electron chi connectivity index (χ2n) is 5.38. The first-order valence-corrected chi connectivity index (χ1v) is 7.46. The molecule has 2 heterocycles. The Balaban J connectivity index is 1.62. The molecule has 3 rings (SSSR count). The Morgan fingerprint density at radius 3 is 2.77 bits per heavy atom. The third kappa shape index (κ3) is 3.88. The summed E-state index contributed by atoms with van der Waals surface area (Å²) in [6.07, 6.45) is 0. The van der Waals surface area contributed by atoms with Gasteiger partial charge in [0.25, 0.3) is 0 Å². The average Bonchev–Trinajstić information content (AvgIpc) is 3.22. The van der Waals surface area contributed by atoms with Crippen molar-refractivity contribution >= 4 is 11.7 Å². The number of hydrogen-bond acceptors (Lipinski definition) is 7. The molecule has 10 nitrogen and oxygen atoms in total. The van der Waals surface area contributed by atoms with Crippen LogP contribution >= 0.6 is 0 Å². The maximum Gasteiger partial charge on any atom is 0.390 e. The van der Waals surface area contributed by atoms with E-state index in [1.54, 1.807) is 19.1 Å². The summed E-state index contributed by atoms with van der Waals surface area (Å²) in [5, 5.41) is 20.8. The molecular formula is C15H13FN6O4. The number of benzene rings is 1. The van der Waals surface area contributed by atoms with Gasteiger partial charge in [0.15, 0.2) is 5.82 Å². The highest BCUT2D eigenvalue weighted by Gasteiger charge is 2.19. The Morgan fingerprint density at radius 2 is 2.12 bits per heavy atom. The molecule has 0 aliphatic heterocycles. The number of carbonyl (C=O) groups is 1. The third-order valence-electron chi connectivity index (χ3n) is 3.48. The van der Waals surface area contributed by atoms with E-state index in [-0.39, 0.29) is 36.4 Å². The Labute approximate surface area is 145 Å². The summed E-state index contributed by atoms with van der Waals surface area (Å²) in [5.74, 6) is -1.34. The SMILES string of the molecule is Cc1cc([N+](=O)[O-])nn1Cc1noc(C(=O)NCc2ccc(F)cc2)n1. The molecule has 1 N–H and O–H groups in total. The van der Waals surface area contributed by atoms with E-state index >= 15 is 0 Å². The maximum atomic E-state index is 12.8. The average molecular weight is 360 g/mol. The van der Waals surface area contributed by atoms with Crippen LogP contribution in [0.15, 0.2) is 34.9 Å². The van der Waals surface area contributed by atoms with E-state index in [1.807, 2.05) is 0 Å². The van der Waals surface area contributed by atoms with Crippen LogP contribution in [0.4, 0.5) is 10.2 Å². The third-order valence-corrected chi connectivity index (χ3v) is 3.48. The summed E-state index contributed by atoms with van der Waals surface area (Å²) in [5.41, 5.74) is 1.25. The molecule has 0 fully saturated rings. The molecule has 26 heavy (non-hydrogen) atoms. The van der Waals surface area contributed by atoms with Gasteiger partial charge >= 0.3 is 17.6 Å². The summed E-state index contributed by atoms with van der Waals surface area (Å²) in [4.78, 5) is 26.1. The summed E-state index contributed by atoms with van der Waals surface area (Å²) in [7, 11) is 0. The van der Waals surface area contributed by atoms with Gasteiger partial charge in [-0.1, -0.05) is 17.3 Å². The predicted octanol–water partition coefficient (Wildman–Crippen LogP) is 1.60. The van der Waals surface area contributed by atoms with Crippen LogP contribution in [0.3, 0.4) is 0 Å². The molecule has 11 heteroatoms. The van der Waals surface area contributed by atoms with Gasteiger partial charge in [0.05, 0.1) is 16.9 Å². The summed E-state index contributed by atoms with van der Waals surface area (Å²) in [6.45, 7) is 1.84. The van der Waals surface area contributed by atoms with Crippen molar-refractivity contribution in [1.29, 1.82) is 0 Å². The number of carbonyl (C=O) groups excluding carboxylic acids is 1. The Morgan fingerprint density at radius 1 is 1.38 bits per heavy atom. The first-order chi connectivity index (χ1) is 12.4. The van der Waals surface area contributed by atoms with Gasteiger partial charge in [0.1, 0.15) is 12.4 Å². The highest BCUT2D eigenvalue weighted by Crippen LogP contribution is 2.12. The fourth-order valence-corrected chi connectivity index (χ4v) is 2.15. The number of hydrogen-bond donors (Lipinski definition) is 1. The first kappa shape index (κ1) is 17.2. The van der Waals surface area contributed by atoms with Crippen molar-refractivity contribution in [3.05, 3.63) is 69.2 Å². The van der Waals surface area contributed by atoms with Crippen molar-refractivity contribution in [1.82, 2.24) is 25.2 Å². The summed E-state index contributed by atoms with van der Waals surface area (Å²) >= 11 is 0. The summed E-state index contributed by atoms with van der Waals surface area (Å²) in [6, 6.07) is 6.98. The normalized spacial score (nSPS) is 10.7. The molecule has 1 amide bonds. The number of amides is 1. The maximum absolute atomic E-state index is 12.8. The number of nitro groups is 1. The topological polar surface area (TPSA) is 129 Å². The minimum Gasteiger partial charge on any atom is -0.358 e. The smallest absolute Gasteiger partial charge is 0.358 e. The molecule has 2 aromatic heterocycles. The van der Waals surface area contributed by atoms with Crippen LogP contribution in [0.5, 0.6) is 0 Å².